The van der Waals surface area contributed by atoms with Crippen molar-refractivity contribution in [1.82, 2.24) is 9.97 Å². The van der Waals surface area contributed by atoms with Crippen LogP contribution in [-0.4, -0.2) is 9.97 Å². The van der Waals surface area contributed by atoms with Gasteiger partial charge in [0.25, 0.3) is 0 Å². The van der Waals surface area contributed by atoms with Gasteiger partial charge in [0.15, 0.2) is 5.82 Å². The quantitative estimate of drug-likeness (QED) is 0.167. The fourth-order valence-electron chi connectivity index (χ4n) is 9.21. The molecule has 2 aliphatic carbocycles. The van der Waals surface area contributed by atoms with Gasteiger partial charge in [-0.2, -0.15) is 0 Å². The van der Waals surface area contributed by atoms with Crippen LogP contribution in [0.25, 0.3) is 93.8 Å². The highest BCUT2D eigenvalue weighted by Gasteiger charge is 2.36. The SMILES string of the molecule is CC1(C)c2cc(-c3cccc(-c4cc(-c5ccccc5)nc(C5=CC=CCC5)n4)c3)ccc2-c2ccc(-c3ccc4ccc5cccc6ccc3c4c56)cc21. The second-order valence-corrected chi connectivity index (χ2v) is 15.7. The predicted octanol–water partition coefficient (Wildman–Crippen LogP) is 14.1. The lowest BCUT2D eigenvalue weighted by atomic mass is 9.80. The van der Waals surface area contributed by atoms with Crippen LogP contribution in [0.15, 0.2) is 170 Å². The van der Waals surface area contributed by atoms with Gasteiger partial charge in [-0.1, -0.05) is 159 Å². The highest BCUT2D eigenvalue weighted by Crippen LogP contribution is 2.51. The van der Waals surface area contributed by atoms with Crippen LogP contribution < -0.4 is 0 Å². The lowest BCUT2D eigenvalue weighted by molar-refractivity contribution is 0.661. The van der Waals surface area contributed by atoms with Crippen molar-refractivity contribution in [2.75, 3.05) is 0 Å². The van der Waals surface area contributed by atoms with E-state index in [1.807, 2.05) is 6.07 Å². The maximum Gasteiger partial charge on any atom is 0.156 e. The van der Waals surface area contributed by atoms with E-state index in [2.05, 4.69) is 178 Å². The molecule has 0 fully saturated rings. The first kappa shape index (κ1) is 31.8. The Balaban J connectivity index is 0.977. The normalized spacial score (nSPS) is 14.4. The number of hydrogen-bond acceptors (Lipinski definition) is 2. The maximum absolute atomic E-state index is 5.16. The zero-order valence-corrected chi connectivity index (χ0v) is 31.0. The van der Waals surface area contributed by atoms with E-state index >= 15 is 0 Å². The molecule has 0 saturated heterocycles. The van der Waals surface area contributed by atoms with Gasteiger partial charge in [0.2, 0.25) is 0 Å². The van der Waals surface area contributed by atoms with Gasteiger partial charge in [-0.15, -0.1) is 0 Å². The van der Waals surface area contributed by atoms with Gasteiger partial charge in [-0.3, -0.25) is 0 Å². The molecule has 260 valence electrons. The molecule has 55 heavy (non-hydrogen) atoms. The summed E-state index contributed by atoms with van der Waals surface area (Å²) in [6.45, 7) is 4.77. The fraction of sp³-hybridized carbons (Fsp3) is 0.0943. The molecule has 0 saturated carbocycles. The molecule has 9 aromatic rings. The third-order valence-electron chi connectivity index (χ3n) is 12.1. The van der Waals surface area contributed by atoms with Crippen LogP contribution in [0.2, 0.25) is 0 Å². The van der Waals surface area contributed by atoms with E-state index in [0.29, 0.717) is 0 Å². The molecule has 0 spiro atoms. The maximum atomic E-state index is 5.16. The van der Waals surface area contributed by atoms with E-state index in [0.717, 1.165) is 41.2 Å². The van der Waals surface area contributed by atoms with Crippen LogP contribution in [0.3, 0.4) is 0 Å². The first-order valence-electron chi connectivity index (χ1n) is 19.4. The molecule has 2 aliphatic rings. The number of hydrogen-bond donors (Lipinski definition) is 0. The van der Waals surface area contributed by atoms with E-state index in [1.54, 1.807) is 0 Å². The molecule has 2 heteroatoms. The van der Waals surface area contributed by atoms with Crippen LogP contribution in [0.5, 0.6) is 0 Å². The summed E-state index contributed by atoms with van der Waals surface area (Å²) in [6, 6.07) is 56.0. The molecule has 0 aliphatic heterocycles. The van der Waals surface area contributed by atoms with Gasteiger partial charge in [0.1, 0.15) is 0 Å². The highest BCUT2D eigenvalue weighted by atomic mass is 14.9. The molecule has 0 unspecified atom stereocenters. The fourth-order valence-corrected chi connectivity index (χ4v) is 9.21. The van der Waals surface area contributed by atoms with Gasteiger partial charge in [-0.05, 0) is 120 Å². The Hall–Kier alpha value is -6.64. The average molecular weight is 703 g/mol. The predicted molar refractivity (Wildman–Crippen MR) is 231 cm³/mol. The van der Waals surface area contributed by atoms with Crippen molar-refractivity contribution < 1.29 is 0 Å². The smallest absolute Gasteiger partial charge is 0.156 e. The Kier molecular flexibility index (Phi) is 7.06. The Labute approximate surface area is 321 Å². The lowest BCUT2D eigenvalue weighted by Gasteiger charge is -2.23. The first-order chi connectivity index (χ1) is 27.0. The van der Waals surface area contributed by atoms with E-state index < -0.39 is 0 Å². The number of aromatic nitrogens is 2. The van der Waals surface area contributed by atoms with E-state index in [1.165, 1.54) is 82.4 Å². The summed E-state index contributed by atoms with van der Waals surface area (Å²) in [7, 11) is 0. The van der Waals surface area contributed by atoms with Gasteiger partial charge >= 0.3 is 0 Å². The molecule has 0 radical (unpaired) electrons. The van der Waals surface area contributed by atoms with E-state index in [9.17, 15) is 0 Å². The third kappa shape index (κ3) is 5.09. The van der Waals surface area contributed by atoms with E-state index in [4.69, 9.17) is 9.97 Å². The third-order valence-corrected chi connectivity index (χ3v) is 12.1. The van der Waals surface area contributed by atoms with Gasteiger partial charge in [-0.25, -0.2) is 9.97 Å². The molecule has 0 amide bonds. The molecule has 0 N–H and O–H groups in total. The summed E-state index contributed by atoms with van der Waals surface area (Å²) in [5.41, 5.74) is 15.4. The molecule has 1 heterocycles. The molecular weight excluding hydrogens is 665 g/mol. The number of rotatable bonds is 5. The minimum atomic E-state index is -0.160. The minimum Gasteiger partial charge on any atom is -0.228 e. The van der Waals surface area contributed by atoms with E-state index in [-0.39, 0.29) is 5.41 Å². The van der Waals surface area contributed by atoms with Gasteiger partial charge < -0.3 is 0 Å². The molecule has 1 aromatic heterocycles. The molecule has 11 rings (SSSR count). The number of benzene rings is 8. The largest absolute Gasteiger partial charge is 0.228 e. The van der Waals surface area contributed by atoms with Crippen molar-refractivity contribution in [3.8, 4) is 55.9 Å². The average Bonchev–Trinajstić information content (AvgIpc) is 3.48. The molecule has 0 atom stereocenters. The van der Waals surface area contributed by atoms with Gasteiger partial charge in [0, 0.05) is 16.5 Å². The van der Waals surface area contributed by atoms with Crippen molar-refractivity contribution in [2.24, 2.45) is 0 Å². The molecule has 8 aromatic carbocycles. The second-order valence-electron chi connectivity index (χ2n) is 15.7. The van der Waals surface area contributed by atoms with Crippen LogP contribution in [0, 0.1) is 0 Å². The van der Waals surface area contributed by atoms with Crippen LogP contribution >= 0.6 is 0 Å². The Morgan fingerprint density at radius 2 is 1.07 bits per heavy atom. The van der Waals surface area contributed by atoms with Crippen molar-refractivity contribution in [3.05, 3.63) is 187 Å². The van der Waals surface area contributed by atoms with Crippen molar-refractivity contribution in [2.45, 2.75) is 32.1 Å². The highest BCUT2D eigenvalue weighted by molar-refractivity contribution is 6.25. The zero-order valence-electron chi connectivity index (χ0n) is 31.0. The first-order valence-corrected chi connectivity index (χ1v) is 19.4. The summed E-state index contributed by atoms with van der Waals surface area (Å²) < 4.78 is 0. The molecular formula is C53H38N2. The molecule has 2 nitrogen and oxygen atoms in total. The Morgan fingerprint density at radius 1 is 0.473 bits per heavy atom. The Bertz CT molecular complexity index is 3040. The van der Waals surface area contributed by atoms with Crippen LogP contribution in [-0.2, 0) is 5.41 Å². The standard InChI is InChI=1S/C53H38N2/c1-53(2)46-30-39(38-17-10-18-41(29-38)49-32-48(33-11-5-3-6-12-33)54-52(55-49)37-13-7-4-8-14-37)23-26-43(46)44-27-24-40(31-47(44)53)42-25-21-36-20-19-34-15-9-16-35-22-28-45(42)51(36)50(34)35/h3-7,9-13,15-32H,8,14H2,1-2H3. The number of nitrogens with zero attached hydrogens (tertiary/aromatic N) is 2. The summed E-state index contributed by atoms with van der Waals surface area (Å²) in [5.74, 6) is 0.810. The summed E-state index contributed by atoms with van der Waals surface area (Å²) >= 11 is 0. The van der Waals surface area contributed by atoms with Crippen molar-refractivity contribution >= 4 is 37.9 Å². The lowest BCUT2D eigenvalue weighted by Crippen LogP contribution is -2.15. The topological polar surface area (TPSA) is 25.8 Å². The van der Waals surface area contributed by atoms with Gasteiger partial charge in [0.05, 0.1) is 11.4 Å². The number of fused-ring (bicyclic) bond motifs is 3. The summed E-state index contributed by atoms with van der Waals surface area (Å²) in [4.78, 5) is 10.2. The minimum absolute atomic E-state index is 0.160. The number of allylic oxidation sites excluding steroid dienone is 4. The second kappa shape index (κ2) is 12.2. The van der Waals surface area contributed by atoms with Crippen molar-refractivity contribution in [3.63, 3.8) is 0 Å². The van der Waals surface area contributed by atoms with Crippen LogP contribution in [0.4, 0.5) is 0 Å². The molecule has 0 bridgehead atoms. The Morgan fingerprint density at radius 3 is 1.84 bits per heavy atom. The monoisotopic (exact) mass is 702 g/mol. The summed E-state index contributed by atoms with van der Waals surface area (Å²) in [6.07, 6.45) is 8.45. The van der Waals surface area contributed by atoms with Crippen molar-refractivity contribution in [1.29, 1.82) is 0 Å². The van der Waals surface area contributed by atoms with Crippen LogP contribution in [0.1, 0.15) is 43.6 Å². The zero-order chi connectivity index (χ0) is 36.7. The summed E-state index contributed by atoms with van der Waals surface area (Å²) in [5, 5.41) is 7.93.